The Bertz CT molecular complexity index is 1270. The molecule has 1 aliphatic heterocycles. The lowest BCUT2D eigenvalue weighted by atomic mass is 10.1. The van der Waals surface area contributed by atoms with Gasteiger partial charge in [0.05, 0.1) is 5.39 Å². The molecule has 0 radical (unpaired) electrons. The van der Waals surface area contributed by atoms with E-state index in [2.05, 4.69) is 42.9 Å². The molecule has 0 atom stereocenters. The molecule has 3 N–H and O–H groups in total. The summed E-state index contributed by atoms with van der Waals surface area (Å²) in [4.78, 5) is 18.4. The van der Waals surface area contributed by atoms with Crippen LogP contribution in [0.2, 0.25) is 0 Å². The van der Waals surface area contributed by atoms with E-state index >= 15 is 0 Å². The largest absolute Gasteiger partial charge is 0.462 e. The van der Waals surface area contributed by atoms with Gasteiger partial charge in [0.2, 0.25) is 0 Å². The number of piperidine rings is 1. The summed E-state index contributed by atoms with van der Waals surface area (Å²) in [6.07, 6.45) is 5.89. The van der Waals surface area contributed by atoms with Gasteiger partial charge in [0.15, 0.2) is 0 Å². The molecule has 0 saturated carbocycles. The van der Waals surface area contributed by atoms with Gasteiger partial charge in [0.25, 0.3) is 6.47 Å². The van der Waals surface area contributed by atoms with Crippen molar-refractivity contribution in [1.82, 2.24) is 19.9 Å². The lowest BCUT2D eigenvalue weighted by Gasteiger charge is -2.24. The summed E-state index contributed by atoms with van der Waals surface area (Å²) in [7, 11) is 0. The number of aromatic nitrogens is 3. The summed E-state index contributed by atoms with van der Waals surface area (Å²) in [5.41, 5.74) is 8.99. The molecular formula is C28H33N5O3. The van der Waals surface area contributed by atoms with Gasteiger partial charge in [-0.15, -0.1) is 0 Å². The van der Waals surface area contributed by atoms with Crippen LogP contribution in [0.15, 0.2) is 67.1 Å². The molecule has 2 aromatic heterocycles. The van der Waals surface area contributed by atoms with Crippen LogP contribution in [0.5, 0.6) is 11.5 Å². The molecule has 1 aliphatic rings. The third kappa shape index (κ3) is 6.20. The molecule has 188 valence electrons. The topological polar surface area (TPSA) is 104 Å². The number of nitrogen functional groups attached to an aromatic ring is 1. The smallest absolute Gasteiger partial charge is 0.293 e. The maximum absolute atomic E-state index is 9.60. The van der Waals surface area contributed by atoms with Crippen LogP contribution in [-0.4, -0.2) is 39.7 Å². The van der Waals surface area contributed by atoms with Crippen LogP contribution < -0.4 is 15.8 Å². The number of carbonyl (C=O) groups is 1. The van der Waals surface area contributed by atoms with Crippen molar-refractivity contribution in [3.63, 3.8) is 0 Å². The van der Waals surface area contributed by atoms with Gasteiger partial charge in [0.1, 0.15) is 34.9 Å². The maximum atomic E-state index is 9.60. The summed E-state index contributed by atoms with van der Waals surface area (Å²) in [5.74, 6) is 2.13. The van der Waals surface area contributed by atoms with E-state index in [4.69, 9.17) is 10.5 Å². The van der Waals surface area contributed by atoms with Crippen LogP contribution in [-0.2, 0) is 9.53 Å². The van der Waals surface area contributed by atoms with E-state index in [1.54, 1.807) is 6.33 Å². The molecule has 2 aromatic carbocycles. The van der Waals surface area contributed by atoms with Gasteiger partial charge in [-0.2, -0.15) is 0 Å². The SMILES string of the molecule is CC(C)(C)OC=O.Nc1ncnc2c1c(-c1ccc(Oc3ccccc3)cc1)cn2C1CCNCC1. The molecule has 0 spiro atoms. The number of carbonyl (C=O) groups excluding carboxylic acids is 1. The Balaban J connectivity index is 0.000000384. The molecule has 3 heterocycles. The van der Waals surface area contributed by atoms with Crippen LogP contribution in [0.1, 0.15) is 39.7 Å². The first-order valence-electron chi connectivity index (χ1n) is 12.1. The minimum absolute atomic E-state index is 0.318. The Labute approximate surface area is 211 Å². The predicted octanol–water partition coefficient (Wildman–Crippen LogP) is 5.36. The average Bonchev–Trinajstić information content (AvgIpc) is 3.26. The molecule has 1 fully saturated rings. The van der Waals surface area contributed by atoms with Crippen LogP contribution >= 0.6 is 0 Å². The first-order valence-corrected chi connectivity index (χ1v) is 12.1. The lowest BCUT2D eigenvalue weighted by Crippen LogP contribution is -2.29. The number of ether oxygens (including phenoxy) is 2. The highest BCUT2D eigenvalue weighted by molar-refractivity contribution is 6.00. The standard InChI is InChI=1S/C23H23N5O.C5H10O2/c24-22-21-20(14-28(23(21)27-15-26-22)17-10-12-25-13-11-17)16-6-8-19(9-7-16)29-18-4-2-1-3-5-18;1-5(2,3)7-4-6/h1-9,14-15,17,25H,10-13H2,(H2,24,26,27);4H,1-3H3. The number of nitrogens with one attached hydrogen (secondary N) is 1. The molecule has 8 heteroatoms. The second-order valence-corrected chi connectivity index (χ2v) is 9.65. The number of benzene rings is 2. The van der Waals surface area contributed by atoms with E-state index in [1.165, 1.54) is 0 Å². The second-order valence-electron chi connectivity index (χ2n) is 9.65. The van der Waals surface area contributed by atoms with Crippen LogP contribution in [0.25, 0.3) is 22.2 Å². The Hall–Kier alpha value is -3.91. The molecule has 1 saturated heterocycles. The van der Waals surface area contributed by atoms with Gasteiger partial charge in [-0.1, -0.05) is 30.3 Å². The van der Waals surface area contributed by atoms with Crippen molar-refractivity contribution in [2.24, 2.45) is 0 Å². The van der Waals surface area contributed by atoms with Gasteiger partial charge in [-0.05, 0) is 76.5 Å². The van der Waals surface area contributed by atoms with Crippen molar-refractivity contribution >= 4 is 23.3 Å². The van der Waals surface area contributed by atoms with Crippen molar-refractivity contribution in [3.8, 4) is 22.6 Å². The van der Waals surface area contributed by atoms with E-state index in [9.17, 15) is 4.79 Å². The number of rotatable bonds is 5. The Morgan fingerprint density at radius 2 is 1.67 bits per heavy atom. The lowest BCUT2D eigenvalue weighted by molar-refractivity contribution is -0.138. The fourth-order valence-electron chi connectivity index (χ4n) is 4.16. The molecule has 8 nitrogen and oxygen atoms in total. The second kappa shape index (κ2) is 11.2. The highest BCUT2D eigenvalue weighted by Gasteiger charge is 2.21. The summed E-state index contributed by atoms with van der Waals surface area (Å²) >= 11 is 0. The molecule has 0 bridgehead atoms. The normalized spacial score (nSPS) is 14.1. The number of hydrogen-bond acceptors (Lipinski definition) is 7. The minimum atomic E-state index is -0.318. The summed E-state index contributed by atoms with van der Waals surface area (Å²) in [6.45, 7) is 7.96. The summed E-state index contributed by atoms with van der Waals surface area (Å²) in [6, 6.07) is 18.3. The molecule has 0 aliphatic carbocycles. The molecule has 0 amide bonds. The number of hydrogen-bond donors (Lipinski definition) is 2. The van der Waals surface area contributed by atoms with Gasteiger partial charge in [0, 0.05) is 17.8 Å². The van der Waals surface area contributed by atoms with Gasteiger partial charge in [-0.3, -0.25) is 4.79 Å². The number of nitrogens with two attached hydrogens (primary N) is 1. The van der Waals surface area contributed by atoms with Crippen LogP contribution in [0.3, 0.4) is 0 Å². The average molecular weight is 488 g/mol. The predicted molar refractivity (Wildman–Crippen MR) is 142 cm³/mol. The Morgan fingerprint density at radius 3 is 2.28 bits per heavy atom. The number of fused-ring (bicyclic) bond motifs is 1. The zero-order chi connectivity index (χ0) is 25.5. The zero-order valence-electron chi connectivity index (χ0n) is 21.0. The molecule has 0 unspecified atom stereocenters. The van der Waals surface area contributed by atoms with Crippen molar-refractivity contribution in [2.75, 3.05) is 18.8 Å². The van der Waals surface area contributed by atoms with E-state index in [0.29, 0.717) is 18.3 Å². The fourth-order valence-corrected chi connectivity index (χ4v) is 4.16. The fraction of sp³-hybridized carbons (Fsp3) is 0.321. The van der Waals surface area contributed by atoms with Crippen LogP contribution in [0, 0.1) is 0 Å². The summed E-state index contributed by atoms with van der Waals surface area (Å²) in [5, 5.41) is 4.34. The van der Waals surface area contributed by atoms with Crippen molar-refractivity contribution < 1.29 is 14.3 Å². The number of nitrogens with zero attached hydrogens (tertiary/aromatic N) is 3. The van der Waals surface area contributed by atoms with E-state index < -0.39 is 0 Å². The monoisotopic (exact) mass is 487 g/mol. The first-order chi connectivity index (χ1) is 17.4. The van der Waals surface area contributed by atoms with Crippen molar-refractivity contribution in [2.45, 2.75) is 45.3 Å². The van der Waals surface area contributed by atoms with Crippen molar-refractivity contribution in [1.29, 1.82) is 0 Å². The zero-order valence-corrected chi connectivity index (χ0v) is 21.0. The molecule has 36 heavy (non-hydrogen) atoms. The van der Waals surface area contributed by atoms with E-state index in [0.717, 1.165) is 59.6 Å². The number of para-hydroxylation sites is 1. The molecule has 5 rings (SSSR count). The highest BCUT2D eigenvalue weighted by Crippen LogP contribution is 2.36. The number of anilines is 1. The first kappa shape index (κ1) is 25.2. The maximum Gasteiger partial charge on any atom is 0.293 e. The van der Waals surface area contributed by atoms with E-state index in [-0.39, 0.29) is 5.60 Å². The van der Waals surface area contributed by atoms with Gasteiger partial charge < -0.3 is 25.1 Å². The minimum Gasteiger partial charge on any atom is -0.462 e. The van der Waals surface area contributed by atoms with E-state index in [1.807, 2.05) is 63.2 Å². The quantitative estimate of drug-likeness (QED) is 0.365. The van der Waals surface area contributed by atoms with Crippen LogP contribution in [0.4, 0.5) is 5.82 Å². The third-order valence-electron chi connectivity index (χ3n) is 5.89. The Morgan fingerprint density at radius 1 is 1.00 bits per heavy atom. The Kier molecular flexibility index (Phi) is 7.85. The molecule has 4 aromatic rings. The summed E-state index contributed by atoms with van der Waals surface area (Å²) < 4.78 is 12.7. The van der Waals surface area contributed by atoms with Crippen molar-refractivity contribution in [3.05, 3.63) is 67.1 Å². The highest BCUT2D eigenvalue weighted by atomic mass is 16.5. The molecular weight excluding hydrogens is 454 g/mol. The third-order valence-corrected chi connectivity index (χ3v) is 5.89. The van der Waals surface area contributed by atoms with Gasteiger partial charge in [-0.25, -0.2) is 9.97 Å². The van der Waals surface area contributed by atoms with Gasteiger partial charge >= 0.3 is 0 Å².